The summed E-state index contributed by atoms with van der Waals surface area (Å²) < 4.78 is 0. The second kappa shape index (κ2) is 57.8. The minimum Gasteiger partial charge on any atom is -0.0835 e. The van der Waals surface area contributed by atoms with Gasteiger partial charge in [0.05, 0.1) is 0 Å². The average molecular weight is 1390 g/mol. The standard InChI is InChI=1S/HP45/c1-3-5-7-9-11-13-15-17-19-21-23-25-27-29-31-33-35-37-39-41-43-45-44-42-40-38-36-34-32-30-28-26-24-22-20-18-16-14-12-10-8-6-4-2/h1H. The Morgan fingerprint density at radius 3 is 0.400 bits per heavy atom. The molecule has 0 nitrogen and oxygen atoms in total. The van der Waals surface area contributed by atoms with Gasteiger partial charge in [0.1, 0.15) is 0 Å². The van der Waals surface area contributed by atoms with E-state index in [-0.39, 0.29) is 0 Å². The molecule has 0 aromatic heterocycles. The van der Waals surface area contributed by atoms with Crippen molar-refractivity contribution >= 4 is 341 Å². The van der Waals surface area contributed by atoms with Crippen LogP contribution in [-0.2, 0) is 0 Å². The molecule has 0 aliphatic heterocycles. The summed E-state index contributed by atoms with van der Waals surface area (Å²) in [6, 6.07) is 0. The van der Waals surface area contributed by atoms with Crippen molar-refractivity contribution in [2.24, 2.45) is 0 Å². The van der Waals surface area contributed by atoms with Gasteiger partial charge in [0.15, 0.2) is 0 Å². The van der Waals surface area contributed by atoms with Crippen molar-refractivity contribution in [1.29, 1.82) is 0 Å². The van der Waals surface area contributed by atoms with E-state index < -0.39 is 0 Å². The van der Waals surface area contributed by atoms with Crippen molar-refractivity contribution in [3.63, 3.8) is 0 Å². The molecule has 45 heavy (non-hydrogen) atoms. The van der Waals surface area contributed by atoms with Gasteiger partial charge in [-0.1, -0.05) is 8.53 Å². The molecule has 0 rings (SSSR count). The summed E-state index contributed by atoms with van der Waals surface area (Å²) >= 11 is 0. The zero-order valence-corrected chi connectivity index (χ0v) is 60.5. The summed E-state index contributed by atoms with van der Waals surface area (Å²) in [7, 11) is 74.1. The zero-order chi connectivity index (χ0) is 32.4. The van der Waals surface area contributed by atoms with Crippen LogP contribution in [0.2, 0.25) is 0 Å². The van der Waals surface area contributed by atoms with Crippen LogP contribution in [-0.4, -0.2) is 0 Å². The maximum absolute atomic E-state index is 4.23. The fourth-order valence-electron chi connectivity index (χ4n) is 0.736. The van der Waals surface area contributed by atoms with Crippen LogP contribution in [0.1, 0.15) is 0 Å². The van der Waals surface area contributed by atoms with Gasteiger partial charge >= 0.3 is 106 Å². The minimum absolute atomic E-state index is 1.21. The molecule has 0 unspecified atom stereocenters. The van der Waals surface area contributed by atoms with Crippen molar-refractivity contribution in [2.45, 2.75) is 0 Å². The van der Waals surface area contributed by atoms with Crippen molar-refractivity contribution < 1.29 is 0 Å². The number of hydrogen-bond donors (Lipinski definition) is 0. The van der Waals surface area contributed by atoms with Crippen molar-refractivity contribution in [2.75, 3.05) is 0 Å². The first kappa shape index (κ1) is 58.8. The summed E-state index contributed by atoms with van der Waals surface area (Å²) in [6.45, 7) is 1.21. The van der Waals surface area contributed by atoms with Crippen LogP contribution in [0.5, 0.6) is 0 Å². The molecule has 226 valence electrons. The van der Waals surface area contributed by atoms with E-state index in [1.807, 2.05) is 0 Å². The van der Waals surface area contributed by atoms with Crippen LogP contribution in [0.4, 0.5) is 0 Å². The van der Waals surface area contributed by atoms with E-state index >= 15 is 0 Å². The van der Waals surface area contributed by atoms with Gasteiger partial charge in [0.25, 0.3) is 0 Å². The van der Waals surface area contributed by atoms with Gasteiger partial charge in [-0.2, -0.15) is 0 Å². The monoisotopic (exact) mass is 1390 g/mol. The summed E-state index contributed by atoms with van der Waals surface area (Å²) in [5, 5.41) is 0. The van der Waals surface area contributed by atoms with E-state index in [9.17, 15) is 0 Å². The summed E-state index contributed by atoms with van der Waals surface area (Å²) in [5.74, 6) is 0. The third kappa shape index (κ3) is 57.8. The molecule has 0 spiro atoms. The van der Waals surface area contributed by atoms with Crippen LogP contribution in [0.15, 0.2) is 0 Å². The Hall–Kier alpha value is 13.8. The fraction of sp³-hybridized carbons (Fsp3) is 0. The first-order valence-electron chi connectivity index (χ1n) is 8.82. The SMILES string of the molecule is P#P=PP=PP=PP=PP=PP=PP=PP=PP=PP=PP=PP=PP=PP=PP=PP=PP=PP=PP=PP=PP=PP=P. The van der Waals surface area contributed by atoms with Crippen LogP contribution in [0.3, 0.4) is 0 Å². The Morgan fingerprint density at radius 2 is 0.289 bits per heavy atom. The Balaban J connectivity index is 4.04. The van der Waals surface area contributed by atoms with Gasteiger partial charge in [-0.25, -0.2) is 0 Å². The molecular formula is HP45. The van der Waals surface area contributed by atoms with E-state index in [4.69, 9.17) is 0 Å². The molecule has 0 aromatic carbocycles. The van der Waals surface area contributed by atoms with Crippen LogP contribution >= 0.6 is 341 Å². The molecule has 0 saturated carbocycles. The predicted octanol–water partition coefficient (Wildman–Crippen LogP) is 38.5. The van der Waals surface area contributed by atoms with Crippen molar-refractivity contribution in [1.82, 2.24) is 0 Å². The quantitative estimate of drug-likeness (QED) is 0.101. The molecule has 0 radical (unpaired) electrons. The topological polar surface area (TPSA) is 0 Å². The van der Waals surface area contributed by atoms with Gasteiger partial charge in [0.2, 0.25) is 0 Å². The Morgan fingerprint density at radius 1 is 0.178 bits per heavy atom. The molecule has 0 aliphatic rings. The summed E-state index contributed by atoms with van der Waals surface area (Å²) in [5.41, 5.74) is 0. The van der Waals surface area contributed by atoms with Gasteiger partial charge in [0, 0.05) is 166 Å². The third-order valence-corrected chi connectivity index (χ3v) is 136. The first-order valence-corrected chi connectivity index (χ1v) is 79.4. The van der Waals surface area contributed by atoms with Crippen LogP contribution < -0.4 is 0 Å². The second-order valence-electron chi connectivity index (χ2n) is 3.86. The van der Waals surface area contributed by atoms with E-state index in [1.165, 1.54) is 44.8 Å². The smallest absolute Gasteiger partial charge is 0.0835 e. The van der Waals surface area contributed by atoms with E-state index in [2.05, 4.69) is 16.9 Å². The average Bonchev–Trinajstić information content (AvgIpc) is 3.05. The van der Waals surface area contributed by atoms with Crippen LogP contribution in [0, 0.1) is 0 Å². The first-order chi connectivity index (χ1) is 22.4. The molecule has 0 aliphatic carbocycles. The Labute approximate surface area is 336 Å². The normalized spacial score (nSPS) is 15.2. The van der Waals surface area contributed by atoms with Gasteiger partial charge in [-0.05, 0) is 60.4 Å². The fourth-order valence-corrected chi connectivity index (χ4v) is 179. The molecule has 0 amide bonds. The molecule has 0 fully saturated rings. The molecule has 45 heteroatoms. The molecular weight excluding hydrogens is 1390 g/mol. The predicted molar refractivity (Wildman–Crippen MR) is 313 cm³/mol. The zero-order valence-electron chi connectivity index (χ0n) is 20.2. The molecule has 0 heterocycles. The second-order valence-corrected chi connectivity index (χ2v) is 104. The van der Waals surface area contributed by atoms with Gasteiger partial charge < -0.3 is 0 Å². The van der Waals surface area contributed by atoms with E-state index in [1.54, 1.807) is 280 Å². The molecule has 0 atom stereocenters. The molecule has 0 bridgehead atoms. The third-order valence-electron chi connectivity index (χ3n) is 1.68. The van der Waals surface area contributed by atoms with E-state index in [0.29, 0.717) is 0 Å². The number of rotatable bonds is 21. The molecule has 0 saturated heterocycles. The van der Waals surface area contributed by atoms with Crippen molar-refractivity contribution in [3.8, 4) is 0 Å². The van der Waals surface area contributed by atoms with Gasteiger partial charge in [-0.15, -0.1) is 0 Å². The molecule has 0 aromatic rings. The Bertz CT molecular complexity index is 1470. The molecule has 0 N–H and O–H groups in total. The summed E-state index contributed by atoms with van der Waals surface area (Å²) in [6.07, 6.45) is 0. The van der Waals surface area contributed by atoms with Crippen molar-refractivity contribution in [3.05, 3.63) is 0 Å². The minimum atomic E-state index is 1.21. The maximum atomic E-state index is 4.23. The van der Waals surface area contributed by atoms with Crippen LogP contribution in [0.25, 0.3) is 0 Å². The van der Waals surface area contributed by atoms with Gasteiger partial charge in [-0.3, -0.25) is 0 Å². The van der Waals surface area contributed by atoms with E-state index in [0.717, 1.165) is 0 Å². The number of hydrogen-bond acceptors (Lipinski definition) is 0. The Kier molecular flexibility index (Phi) is 75.4. The summed E-state index contributed by atoms with van der Waals surface area (Å²) in [4.78, 5) is 0.